The molecule has 5 rings (SSSR count). The quantitative estimate of drug-likeness (QED) is 0.898. The third-order valence-corrected chi connectivity index (χ3v) is 4.96. The Morgan fingerprint density at radius 1 is 0.962 bits per heavy atom. The molecule has 3 aliphatic rings. The highest BCUT2D eigenvalue weighted by atomic mass is 16.7. The minimum absolute atomic E-state index is 0.264. The number of aromatic nitrogens is 2. The molecule has 1 aromatic heterocycles. The first-order chi connectivity index (χ1) is 12.8. The lowest BCUT2D eigenvalue weighted by atomic mass is 10.0. The van der Waals surface area contributed by atoms with Crippen LogP contribution in [-0.4, -0.2) is 48.9 Å². The second-order valence-corrected chi connectivity index (χ2v) is 6.55. The van der Waals surface area contributed by atoms with E-state index in [0.29, 0.717) is 13.2 Å². The van der Waals surface area contributed by atoms with Gasteiger partial charge in [-0.2, -0.15) is 0 Å². The van der Waals surface area contributed by atoms with Crippen LogP contribution < -0.4 is 19.7 Å². The van der Waals surface area contributed by atoms with E-state index in [4.69, 9.17) is 18.9 Å². The Morgan fingerprint density at radius 3 is 2.62 bits per heavy atom. The van der Waals surface area contributed by atoms with E-state index in [-0.39, 0.29) is 12.6 Å². The van der Waals surface area contributed by atoms with Crippen LogP contribution in [0.5, 0.6) is 11.5 Å². The number of anilines is 3. The van der Waals surface area contributed by atoms with Gasteiger partial charge < -0.3 is 29.2 Å². The van der Waals surface area contributed by atoms with E-state index in [9.17, 15) is 0 Å². The van der Waals surface area contributed by atoms with E-state index in [1.807, 2.05) is 24.3 Å². The van der Waals surface area contributed by atoms with Crippen molar-refractivity contribution in [3.63, 3.8) is 0 Å². The Balaban J connectivity index is 1.28. The van der Waals surface area contributed by atoms with Gasteiger partial charge in [0.05, 0.1) is 13.2 Å². The summed E-state index contributed by atoms with van der Waals surface area (Å²) in [7, 11) is 0. The third kappa shape index (κ3) is 2.91. The third-order valence-electron chi connectivity index (χ3n) is 4.96. The molecule has 8 nitrogen and oxygen atoms in total. The van der Waals surface area contributed by atoms with Gasteiger partial charge in [0.1, 0.15) is 18.0 Å². The number of hydrogen-bond acceptors (Lipinski definition) is 8. The Bertz CT molecular complexity index is 800. The van der Waals surface area contributed by atoms with Gasteiger partial charge in [-0.3, -0.25) is 0 Å². The molecule has 0 saturated carbocycles. The van der Waals surface area contributed by atoms with Crippen molar-refractivity contribution in [2.45, 2.75) is 18.6 Å². The minimum atomic E-state index is -0.378. The zero-order valence-corrected chi connectivity index (χ0v) is 14.3. The molecule has 3 aliphatic heterocycles. The summed E-state index contributed by atoms with van der Waals surface area (Å²) in [6.45, 7) is 3.34. The number of fused-ring (bicyclic) bond motifs is 1. The first-order valence-corrected chi connectivity index (χ1v) is 8.81. The van der Waals surface area contributed by atoms with Crippen molar-refractivity contribution < 1.29 is 18.9 Å². The molecule has 2 saturated heterocycles. The number of piperidine rings is 1. The van der Waals surface area contributed by atoms with E-state index in [1.165, 1.54) is 0 Å². The Labute approximate surface area is 151 Å². The molecule has 2 aromatic rings. The van der Waals surface area contributed by atoms with Crippen LogP contribution in [0.1, 0.15) is 12.8 Å². The molecular weight excluding hydrogens is 336 g/mol. The van der Waals surface area contributed by atoms with Crippen LogP contribution in [0.25, 0.3) is 0 Å². The standard InChI is InChI=1S/C18H20N4O4/c1-2-14-15(24-12-23-14)9-13(1)21-16-10-17(20-11-19-16)22-5-3-18(4-6-22)25-7-8-26-18/h1-2,9-11H,3-8,12H2,(H,19,20,21). The van der Waals surface area contributed by atoms with Crippen molar-refractivity contribution in [1.29, 1.82) is 0 Å². The van der Waals surface area contributed by atoms with Crippen molar-refractivity contribution >= 4 is 17.3 Å². The second kappa shape index (κ2) is 6.30. The van der Waals surface area contributed by atoms with Crippen LogP contribution in [-0.2, 0) is 9.47 Å². The molecule has 136 valence electrons. The first kappa shape index (κ1) is 15.7. The van der Waals surface area contributed by atoms with Crippen LogP contribution in [0, 0.1) is 0 Å². The van der Waals surface area contributed by atoms with E-state index in [1.54, 1.807) is 6.33 Å². The molecule has 1 spiro atoms. The fraction of sp³-hybridized carbons (Fsp3) is 0.444. The van der Waals surface area contributed by atoms with Crippen molar-refractivity contribution in [2.24, 2.45) is 0 Å². The van der Waals surface area contributed by atoms with Crippen molar-refractivity contribution in [2.75, 3.05) is 43.3 Å². The summed E-state index contributed by atoms with van der Waals surface area (Å²) in [5.74, 6) is 2.76. The van der Waals surface area contributed by atoms with Crippen molar-refractivity contribution in [1.82, 2.24) is 9.97 Å². The SMILES string of the molecule is c1nc(Nc2ccc3c(c2)OCO3)cc(N2CCC3(CC2)OCCO3)n1. The molecular formula is C18H20N4O4. The lowest BCUT2D eigenvalue weighted by molar-refractivity contribution is -0.169. The maximum atomic E-state index is 5.79. The van der Waals surface area contributed by atoms with Crippen LogP contribution in [0.4, 0.5) is 17.3 Å². The summed E-state index contributed by atoms with van der Waals surface area (Å²) in [5, 5.41) is 3.30. The van der Waals surface area contributed by atoms with E-state index >= 15 is 0 Å². The normalized spacial score (nSPS) is 20.5. The van der Waals surface area contributed by atoms with E-state index < -0.39 is 0 Å². The molecule has 0 bridgehead atoms. The Morgan fingerprint density at radius 2 is 1.77 bits per heavy atom. The number of ether oxygens (including phenoxy) is 4. The minimum Gasteiger partial charge on any atom is -0.454 e. The molecule has 2 fully saturated rings. The van der Waals surface area contributed by atoms with E-state index in [0.717, 1.165) is 54.8 Å². The first-order valence-electron chi connectivity index (χ1n) is 8.81. The predicted molar refractivity (Wildman–Crippen MR) is 94.0 cm³/mol. The van der Waals surface area contributed by atoms with Gasteiger partial charge in [-0.15, -0.1) is 0 Å². The molecule has 0 radical (unpaired) electrons. The maximum absolute atomic E-state index is 5.79. The Kier molecular flexibility index (Phi) is 3.79. The molecule has 1 aromatic carbocycles. The van der Waals surface area contributed by atoms with Gasteiger partial charge in [0.2, 0.25) is 6.79 Å². The summed E-state index contributed by atoms with van der Waals surface area (Å²) >= 11 is 0. The largest absolute Gasteiger partial charge is 0.454 e. The summed E-state index contributed by atoms with van der Waals surface area (Å²) in [6, 6.07) is 7.69. The number of nitrogens with one attached hydrogen (secondary N) is 1. The summed E-state index contributed by atoms with van der Waals surface area (Å²) < 4.78 is 22.3. The van der Waals surface area contributed by atoms with E-state index in [2.05, 4.69) is 20.2 Å². The summed E-state index contributed by atoms with van der Waals surface area (Å²) in [6.07, 6.45) is 3.28. The van der Waals surface area contributed by atoms with Crippen LogP contribution in [0.15, 0.2) is 30.6 Å². The highest BCUT2D eigenvalue weighted by molar-refractivity contribution is 5.63. The van der Waals surface area contributed by atoms with Gasteiger partial charge in [-0.05, 0) is 12.1 Å². The fourth-order valence-corrected chi connectivity index (χ4v) is 3.57. The lowest BCUT2D eigenvalue weighted by Crippen LogP contribution is -2.45. The van der Waals surface area contributed by atoms with Gasteiger partial charge >= 0.3 is 0 Å². The maximum Gasteiger partial charge on any atom is 0.231 e. The molecule has 26 heavy (non-hydrogen) atoms. The van der Waals surface area contributed by atoms with Gasteiger partial charge in [0.25, 0.3) is 0 Å². The van der Waals surface area contributed by atoms with Gasteiger partial charge in [0, 0.05) is 43.8 Å². The fourth-order valence-electron chi connectivity index (χ4n) is 3.57. The molecule has 0 amide bonds. The zero-order valence-electron chi connectivity index (χ0n) is 14.3. The molecule has 8 heteroatoms. The smallest absolute Gasteiger partial charge is 0.231 e. The average Bonchev–Trinajstić information content (AvgIpc) is 3.32. The number of hydrogen-bond donors (Lipinski definition) is 1. The summed E-state index contributed by atoms with van der Waals surface area (Å²) in [4.78, 5) is 11.0. The molecule has 0 atom stereocenters. The molecule has 1 N–H and O–H groups in total. The van der Waals surface area contributed by atoms with Gasteiger partial charge in [0.15, 0.2) is 17.3 Å². The number of benzene rings is 1. The highest BCUT2D eigenvalue weighted by Gasteiger charge is 2.40. The topological polar surface area (TPSA) is 78.0 Å². The van der Waals surface area contributed by atoms with Crippen LogP contribution >= 0.6 is 0 Å². The summed E-state index contributed by atoms with van der Waals surface area (Å²) in [5.41, 5.74) is 0.893. The van der Waals surface area contributed by atoms with Crippen molar-refractivity contribution in [3.05, 3.63) is 30.6 Å². The van der Waals surface area contributed by atoms with Crippen LogP contribution in [0.2, 0.25) is 0 Å². The Hall–Kier alpha value is -2.58. The second-order valence-electron chi connectivity index (χ2n) is 6.55. The lowest BCUT2D eigenvalue weighted by Gasteiger charge is -2.38. The molecule has 0 aliphatic carbocycles. The van der Waals surface area contributed by atoms with Gasteiger partial charge in [-0.25, -0.2) is 9.97 Å². The zero-order chi connectivity index (χ0) is 17.4. The molecule has 4 heterocycles. The highest BCUT2D eigenvalue weighted by Crippen LogP contribution is 2.36. The number of rotatable bonds is 3. The van der Waals surface area contributed by atoms with Crippen molar-refractivity contribution in [3.8, 4) is 11.5 Å². The average molecular weight is 356 g/mol. The van der Waals surface area contributed by atoms with Crippen LogP contribution in [0.3, 0.4) is 0 Å². The monoisotopic (exact) mass is 356 g/mol. The number of nitrogens with zero attached hydrogens (tertiary/aromatic N) is 3. The predicted octanol–water partition coefficient (Wildman–Crippen LogP) is 2.29. The molecule has 0 unspecified atom stereocenters. The van der Waals surface area contributed by atoms with Gasteiger partial charge in [-0.1, -0.05) is 0 Å².